The summed E-state index contributed by atoms with van der Waals surface area (Å²) >= 11 is 0. The molecule has 0 bridgehead atoms. The van der Waals surface area contributed by atoms with Crippen LogP contribution in [0.5, 0.6) is 0 Å². The molecule has 4 nitrogen and oxygen atoms in total. The van der Waals surface area contributed by atoms with E-state index in [4.69, 9.17) is 9.79 Å². The van der Waals surface area contributed by atoms with Gasteiger partial charge in [-0.25, -0.2) is 0 Å². The van der Waals surface area contributed by atoms with Gasteiger partial charge in [-0.3, -0.25) is 4.57 Å². The molecule has 1 aromatic rings. The van der Waals surface area contributed by atoms with E-state index in [0.29, 0.717) is 6.04 Å². The van der Waals surface area contributed by atoms with Crippen LogP contribution in [0.3, 0.4) is 0 Å². The molecule has 0 saturated heterocycles. The molecule has 27 heavy (non-hydrogen) atoms. The van der Waals surface area contributed by atoms with Crippen LogP contribution in [0.4, 0.5) is 0 Å². The third-order valence-electron chi connectivity index (χ3n) is 4.37. The quantitative estimate of drug-likeness (QED) is 0.260. The Balaban J connectivity index is 0.000000821. The molecule has 0 unspecified atom stereocenters. The average Bonchev–Trinajstić information content (AvgIpc) is 2.63. The molecule has 0 heterocycles. The molecule has 0 spiro atoms. The minimum absolute atomic E-state index is 0.477. The molecule has 0 saturated carbocycles. The Morgan fingerprint density at radius 3 is 1.93 bits per heavy atom. The maximum absolute atomic E-state index is 9.84. The van der Waals surface area contributed by atoms with Crippen LogP contribution >= 0.6 is 7.60 Å². The van der Waals surface area contributed by atoms with Gasteiger partial charge in [-0.1, -0.05) is 94.7 Å². The first kappa shape index (κ1) is 26.1. The third-order valence-corrected chi connectivity index (χ3v) is 5.06. The SMILES string of the molecule is C/C=C/P(=O)(O)O.CCCCCCCCCCCN[C@H](C)c1ccccc1. The van der Waals surface area contributed by atoms with Crippen LogP contribution in [-0.4, -0.2) is 16.3 Å². The Morgan fingerprint density at radius 2 is 1.48 bits per heavy atom. The van der Waals surface area contributed by atoms with Gasteiger partial charge < -0.3 is 15.1 Å². The molecule has 1 atom stereocenters. The summed E-state index contributed by atoms with van der Waals surface area (Å²) in [7, 11) is -3.85. The lowest BCUT2D eigenvalue weighted by atomic mass is 10.1. The zero-order chi connectivity index (χ0) is 20.4. The van der Waals surface area contributed by atoms with Crippen molar-refractivity contribution in [3.8, 4) is 0 Å². The van der Waals surface area contributed by atoms with Gasteiger partial charge in [-0.2, -0.15) is 0 Å². The molecule has 0 fully saturated rings. The lowest BCUT2D eigenvalue weighted by Gasteiger charge is -2.13. The fraction of sp³-hybridized carbons (Fsp3) is 0.636. The summed E-state index contributed by atoms with van der Waals surface area (Å²) in [5.74, 6) is 0.854. The van der Waals surface area contributed by atoms with Gasteiger partial charge in [0.15, 0.2) is 0 Å². The van der Waals surface area contributed by atoms with E-state index in [2.05, 4.69) is 49.5 Å². The number of hydrogen-bond donors (Lipinski definition) is 3. The topological polar surface area (TPSA) is 69.6 Å². The summed E-state index contributed by atoms with van der Waals surface area (Å²) in [5.41, 5.74) is 1.39. The molecule has 0 aliphatic rings. The number of allylic oxidation sites excluding steroid dienone is 1. The van der Waals surface area contributed by atoms with Gasteiger partial charge in [-0.05, 0) is 32.4 Å². The smallest absolute Gasteiger partial charge is 0.321 e. The number of nitrogens with one attached hydrogen (secondary N) is 1. The molecule has 1 aromatic carbocycles. The summed E-state index contributed by atoms with van der Waals surface area (Å²) in [4.78, 5) is 16.1. The number of unbranched alkanes of at least 4 members (excludes halogenated alkanes) is 8. The average molecular weight is 398 g/mol. The maximum atomic E-state index is 9.84. The van der Waals surface area contributed by atoms with Gasteiger partial charge in [0.1, 0.15) is 0 Å². The van der Waals surface area contributed by atoms with Crippen LogP contribution in [0.2, 0.25) is 0 Å². The van der Waals surface area contributed by atoms with Gasteiger partial charge in [0, 0.05) is 11.9 Å². The zero-order valence-electron chi connectivity index (χ0n) is 17.4. The van der Waals surface area contributed by atoms with Crippen molar-refractivity contribution in [3.63, 3.8) is 0 Å². The molecule has 1 rings (SSSR count). The van der Waals surface area contributed by atoms with Crippen molar-refractivity contribution in [1.82, 2.24) is 5.32 Å². The summed E-state index contributed by atoms with van der Waals surface area (Å²) in [6.07, 6.45) is 13.9. The highest BCUT2D eigenvalue weighted by Gasteiger charge is 2.03. The van der Waals surface area contributed by atoms with Crippen LogP contribution in [0.1, 0.15) is 90.2 Å². The molecule has 0 aliphatic carbocycles. The molecule has 5 heteroatoms. The van der Waals surface area contributed by atoms with Crippen LogP contribution in [0.25, 0.3) is 0 Å². The fourth-order valence-corrected chi connectivity index (χ4v) is 3.20. The fourth-order valence-electron chi connectivity index (χ4n) is 2.81. The minimum atomic E-state index is -3.85. The number of benzene rings is 1. The van der Waals surface area contributed by atoms with Crippen molar-refractivity contribution in [1.29, 1.82) is 0 Å². The first-order valence-electron chi connectivity index (χ1n) is 10.4. The van der Waals surface area contributed by atoms with Crippen LogP contribution in [-0.2, 0) is 4.57 Å². The van der Waals surface area contributed by atoms with E-state index >= 15 is 0 Å². The van der Waals surface area contributed by atoms with Gasteiger partial charge in [0.05, 0.1) is 0 Å². The normalized spacial score (nSPS) is 12.6. The van der Waals surface area contributed by atoms with Crippen molar-refractivity contribution in [2.45, 2.75) is 84.6 Å². The van der Waals surface area contributed by atoms with Gasteiger partial charge in [0.25, 0.3) is 0 Å². The van der Waals surface area contributed by atoms with E-state index in [1.54, 1.807) is 6.92 Å². The lowest BCUT2D eigenvalue weighted by molar-refractivity contribution is 0.386. The molecular weight excluding hydrogens is 357 g/mol. The molecule has 0 radical (unpaired) electrons. The molecule has 0 aliphatic heterocycles. The standard InChI is InChI=1S/C19H33N.C3H7O3P/c1-3-4-5-6-7-8-9-10-14-17-20-18(2)19-15-12-11-13-16-19;1-2-3-7(4,5)6/h11-13,15-16,18,20H,3-10,14,17H2,1-2H3;2-3H,1H3,(H2,4,5,6)/b;3-2+/t18-;/m1./s1. The summed E-state index contributed by atoms with van der Waals surface area (Å²) in [6.45, 7) is 7.23. The second kappa shape index (κ2) is 17.2. The molecule has 0 aromatic heterocycles. The predicted octanol–water partition coefficient (Wildman–Crippen LogP) is 6.57. The highest BCUT2D eigenvalue weighted by Crippen LogP contribution is 2.35. The van der Waals surface area contributed by atoms with Crippen LogP contribution in [0.15, 0.2) is 42.2 Å². The second-order valence-corrected chi connectivity index (χ2v) is 8.46. The Bertz CT molecular complexity index is 514. The van der Waals surface area contributed by atoms with E-state index in [-0.39, 0.29) is 0 Å². The summed E-state index contributed by atoms with van der Waals surface area (Å²) in [6, 6.07) is 11.2. The zero-order valence-corrected chi connectivity index (χ0v) is 18.3. The Kier molecular flexibility index (Phi) is 16.6. The van der Waals surface area contributed by atoms with Gasteiger partial charge in [0.2, 0.25) is 0 Å². The largest absolute Gasteiger partial charge is 0.348 e. The molecule has 3 N–H and O–H groups in total. The van der Waals surface area contributed by atoms with E-state index in [9.17, 15) is 4.57 Å². The molecule has 0 amide bonds. The van der Waals surface area contributed by atoms with E-state index in [1.165, 1.54) is 69.4 Å². The Morgan fingerprint density at radius 1 is 0.963 bits per heavy atom. The van der Waals surface area contributed by atoms with E-state index in [1.807, 2.05) is 0 Å². The van der Waals surface area contributed by atoms with E-state index in [0.717, 1.165) is 12.4 Å². The lowest BCUT2D eigenvalue weighted by Crippen LogP contribution is -2.19. The van der Waals surface area contributed by atoms with Crippen molar-refractivity contribution in [2.24, 2.45) is 0 Å². The van der Waals surface area contributed by atoms with Crippen molar-refractivity contribution < 1.29 is 14.4 Å². The summed E-state index contributed by atoms with van der Waals surface area (Å²) < 4.78 is 9.84. The van der Waals surface area contributed by atoms with Gasteiger partial charge in [-0.15, -0.1) is 0 Å². The van der Waals surface area contributed by atoms with Crippen molar-refractivity contribution in [2.75, 3.05) is 6.54 Å². The highest BCUT2D eigenvalue weighted by atomic mass is 31.2. The first-order valence-corrected chi connectivity index (χ1v) is 12.1. The van der Waals surface area contributed by atoms with E-state index < -0.39 is 7.60 Å². The van der Waals surface area contributed by atoms with Crippen LogP contribution < -0.4 is 5.32 Å². The first-order chi connectivity index (χ1) is 12.9. The second-order valence-electron chi connectivity index (χ2n) is 6.99. The predicted molar refractivity (Wildman–Crippen MR) is 117 cm³/mol. The number of hydrogen-bond acceptors (Lipinski definition) is 2. The van der Waals surface area contributed by atoms with Crippen molar-refractivity contribution in [3.05, 3.63) is 47.8 Å². The monoisotopic (exact) mass is 397 g/mol. The number of rotatable bonds is 13. The van der Waals surface area contributed by atoms with Gasteiger partial charge >= 0.3 is 7.60 Å². The third kappa shape index (κ3) is 18.2. The Hall–Kier alpha value is -0.930. The van der Waals surface area contributed by atoms with Crippen LogP contribution in [0, 0.1) is 0 Å². The highest BCUT2D eigenvalue weighted by molar-refractivity contribution is 7.55. The molecular formula is C22H40NO3P. The molecule has 156 valence electrons. The van der Waals surface area contributed by atoms with Crippen molar-refractivity contribution >= 4 is 7.60 Å². The Labute approximate surface area is 166 Å². The minimum Gasteiger partial charge on any atom is -0.321 e. The maximum Gasteiger partial charge on any atom is 0.348 e. The summed E-state index contributed by atoms with van der Waals surface area (Å²) in [5, 5.41) is 3.62.